The molecule has 1 aliphatic heterocycles. The van der Waals surface area contributed by atoms with Gasteiger partial charge in [-0.25, -0.2) is 0 Å². The second-order valence-electron chi connectivity index (χ2n) is 6.49. The van der Waals surface area contributed by atoms with Gasteiger partial charge >= 0.3 is 0 Å². The number of rotatable bonds is 5. The molecule has 0 aromatic heterocycles. The smallest absolute Gasteiger partial charge is 0.0670 e. The van der Waals surface area contributed by atoms with E-state index in [1.165, 1.54) is 5.56 Å². The average Bonchev–Trinajstić information content (AvgIpc) is 2.49. The van der Waals surface area contributed by atoms with Crippen LogP contribution in [0.25, 0.3) is 0 Å². The van der Waals surface area contributed by atoms with Crippen molar-refractivity contribution in [1.82, 2.24) is 4.90 Å². The molecule has 4 heteroatoms. The second-order valence-corrected chi connectivity index (χ2v) is 7.41. The van der Waals surface area contributed by atoms with Crippen molar-refractivity contribution in [2.24, 2.45) is 5.73 Å². The molecule has 2 rings (SSSR count). The van der Waals surface area contributed by atoms with Gasteiger partial charge in [0.15, 0.2) is 0 Å². The number of benzene rings is 1. The summed E-state index contributed by atoms with van der Waals surface area (Å²) in [6.07, 6.45) is 3.03. The Balaban J connectivity index is 2.13. The molecule has 1 fully saturated rings. The quantitative estimate of drug-likeness (QED) is 0.878. The van der Waals surface area contributed by atoms with Crippen LogP contribution in [0, 0.1) is 0 Å². The van der Waals surface area contributed by atoms with E-state index in [-0.39, 0.29) is 11.1 Å². The van der Waals surface area contributed by atoms with Crippen LogP contribution in [0.1, 0.15) is 38.7 Å². The SMILES string of the molecule is CCC1(C)CC(CN)(N(C)Cc2ccc(Br)cc2)CCO1. The first-order valence-electron chi connectivity index (χ1n) is 7.73. The first-order valence-corrected chi connectivity index (χ1v) is 8.52. The molecule has 1 heterocycles. The summed E-state index contributed by atoms with van der Waals surface area (Å²) in [5.74, 6) is 0. The van der Waals surface area contributed by atoms with E-state index >= 15 is 0 Å². The molecule has 21 heavy (non-hydrogen) atoms. The van der Waals surface area contributed by atoms with Gasteiger partial charge in [-0.1, -0.05) is 35.0 Å². The Labute approximate surface area is 137 Å². The zero-order valence-corrected chi connectivity index (χ0v) is 14.9. The summed E-state index contributed by atoms with van der Waals surface area (Å²) in [4.78, 5) is 2.42. The Morgan fingerprint density at radius 2 is 2.00 bits per heavy atom. The van der Waals surface area contributed by atoms with Gasteiger partial charge in [-0.2, -0.15) is 0 Å². The van der Waals surface area contributed by atoms with Crippen molar-refractivity contribution in [3.05, 3.63) is 34.3 Å². The van der Waals surface area contributed by atoms with Crippen LogP contribution in [-0.4, -0.2) is 36.2 Å². The minimum absolute atomic E-state index is 0.0378. The zero-order valence-electron chi connectivity index (χ0n) is 13.4. The molecule has 0 aliphatic carbocycles. The van der Waals surface area contributed by atoms with Crippen molar-refractivity contribution in [2.45, 2.75) is 50.8 Å². The Hall–Kier alpha value is -0.420. The number of hydrogen-bond donors (Lipinski definition) is 1. The molecule has 3 nitrogen and oxygen atoms in total. The van der Waals surface area contributed by atoms with Crippen LogP contribution in [-0.2, 0) is 11.3 Å². The molecule has 2 atom stereocenters. The number of ether oxygens (including phenoxy) is 1. The highest BCUT2D eigenvalue weighted by Crippen LogP contribution is 2.37. The molecule has 0 spiro atoms. The molecule has 2 unspecified atom stereocenters. The van der Waals surface area contributed by atoms with Crippen molar-refractivity contribution in [1.29, 1.82) is 0 Å². The lowest BCUT2D eigenvalue weighted by Crippen LogP contribution is -2.59. The fraction of sp³-hybridized carbons (Fsp3) is 0.647. The molecule has 2 N–H and O–H groups in total. The van der Waals surface area contributed by atoms with Gasteiger partial charge in [-0.3, -0.25) is 4.90 Å². The van der Waals surface area contributed by atoms with Gasteiger partial charge < -0.3 is 10.5 Å². The van der Waals surface area contributed by atoms with E-state index in [2.05, 4.69) is 66.0 Å². The highest BCUT2D eigenvalue weighted by atomic mass is 79.9. The lowest BCUT2D eigenvalue weighted by molar-refractivity contribution is -0.126. The van der Waals surface area contributed by atoms with Gasteiger partial charge in [0.2, 0.25) is 0 Å². The monoisotopic (exact) mass is 354 g/mol. The fourth-order valence-corrected chi connectivity index (χ4v) is 3.50. The summed E-state index contributed by atoms with van der Waals surface area (Å²) in [5.41, 5.74) is 7.49. The molecule has 0 amide bonds. The van der Waals surface area contributed by atoms with Gasteiger partial charge in [0.05, 0.1) is 5.60 Å². The molecule has 0 saturated carbocycles. The first kappa shape index (κ1) is 16.9. The summed E-state index contributed by atoms with van der Waals surface area (Å²) in [5, 5.41) is 0. The molecule has 1 saturated heterocycles. The predicted molar refractivity (Wildman–Crippen MR) is 91.3 cm³/mol. The number of nitrogens with zero attached hydrogens (tertiary/aromatic N) is 1. The van der Waals surface area contributed by atoms with Crippen LogP contribution >= 0.6 is 15.9 Å². The molecular formula is C17H27BrN2O. The van der Waals surface area contributed by atoms with Crippen LogP contribution in [0.3, 0.4) is 0 Å². The van der Waals surface area contributed by atoms with Crippen molar-refractivity contribution in [3.63, 3.8) is 0 Å². The Bertz CT molecular complexity index is 464. The molecule has 0 bridgehead atoms. The number of hydrogen-bond acceptors (Lipinski definition) is 3. The third-order valence-electron chi connectivity index (χ3n) is 4.99. The summed E-state index contributed by atoms with van der Waals surface area (Å²) < 4.78 is 7.12. The van der Waals surface area contributed by atoms with Crippen molar-refractivity contribution in [3.8, 4) is 0 Å². The third-order valence-corrected chi connectivity index (χ3v) is 5.52. The Morgan fingerprint density at radius 1 is 1.33 bits per heavy atom. The molecular weight excluding hydrogens is 328 g/mol. The van der Waals surface area contributed by atoms with Gasteiger partial charge in [-0.05, 0) is 50.9 Å². The van der Waals surface area contributed by atoms with E-state index in [0.717, 1.165) is 36.9 Å². The topological polar surface area (TPSA) is 38.5 Å². The minimum Gasteiger partial charge on any atom is -0.375 e. The van der Waals surface area contributed by atoms with E-state index in [0.29, 0.717) is 6.54 Å². The second kappa shape index (κ2) is 6.78. The number of likely N-dealkylation sites (N-methyl/N-ethyl adjacent to an activating group) is 1. The number of halogens is 1. The van der Waals surface area contributed by atoms with Crippen LogP contribution in [0.15, 0.2) is 28.7 Å². The summed E-state index contributed by atoms with van der Waals surface area (Å²) >= 11 is 3.49. The Morgan fingerprint density at radius 3 is 2.57 bits per heavy atom. The van der Waals surface area contributed by atoms with Gasteiger partial charge in [-0.15, -0.1) is 0 Å². The molecule has 0 radical (unpaired) electrons. The van der Waals surface area contributed by atoms with E-state index in [1.54, 1.807) is 0 Å². The van der Waals surface area contributed by atoms with E-state index in [4.69, 9.17) is 10.5 Å². The normalized spacial score (nSPS) is 29.8. The van der Waals surface area contributed by atoms with Crippen LogP contribution in [0.5, 0.6) is 0 Å². The van der Waals surface area contributed by atoms with Crippen molar-refractivity contribution in [2.75, 3.05) is 20.2 Å². The molecule has 118 valence electrons. The summed E-state index contributed by atoms with van der Waals surface area (Å²) in [6.45, 7) is 6.81. The average molecular weight is 355 g/mol. The van der Waals surface area contributed by atoms with Crippen molar-refractivity contribution < 1.29 is 4.74 Å². The summed E-state index contributed by atoms with van der Waals surface area (Å²) in [7, 11) is 2.19. The van der Waals surface area contributed by atoms with Crippen LogP contribution in [0.2, 0.25) is 0 Å². The van der Waals surface area contributed by atoms with Gasteiger partial charge in [0.1, 0.15) is 0 Å². The lowest BCUT2D eigenvalue weighted by atomic mass is 9.78. The highest BCUT2D eigenvalue weighted by molar-refractivity contribution is 9.10. The zero-order chi connectivity index (χ0) is 15.5. The third kappa shape index (κ3) is 3.86. The lowest BCUT2D eigenvalue weighted by Gasteiger charge is -2.50. The Kier molecular flexibility index (Phi) is 5.47. The minimum atomic E-state index is -0.0500. The molecule has 1 aromatic carbocycles. The molecule has 1 aromatic rings. The van der Waals surface area contributed by atoms with Crippen LogP contribution < -0.4 is 5.73 Å². The van der Waals surface area contributed by atoms with Crippen LogP contribution in [0.4, 0.5) is 0 Å². The molecule has 1 aliphatic rings. The van der Waals surface area contributed by atoms with E-state index in [1.807, 2.05) is 0 Å². The maximum atomic E-state index is 6.19. The maximum absolute atomic E-state index is 6.19. The largest absolute Gasteiger partial charge is 0.375 e. The standard InChI is InChI=1S/C17H27BrN2O/c1-4-16(2)12-17(13-19,9-10-21-16)20(3)11-14-5-7-15(18)8-6-14/h5-8H,4,9-13,19H2,1-3H3. The first-order chi connectivity index (χ1) is 9.93. The predicted octanol–water partition coefficient (Wildman–Crippen LogP) is 3.56. The highest BCUT2D eigenvalue weighted by Gasteiger charge is 2.43. The summed E-state index contributed by atoms with van der Waals surface area (Å²) in [6, 6.07) is 8.53. The van der Waals surface area contributed by atoms with Gasteiger partial charge in [0.25, 0.3) is 0 Å². The van der Waals surface area contributed by atoms with E-state index in [9.17, 15) is 0 Å². The van der Waals surface area contributed by atoms with Crippen molar-refractivity contribution >= 4 is 15.9 Å². The van der Waals surface area contributed by atoms with E-state index < -0.39 is 0 Å². The number of nitrogens with two attached hydrogens (primary N) is 1. The van der Waals surface area contributed by atoms with Gasteiger partial charge in [0, 0.05) is 29.7 Å². The fourth-order valence-electron chi connectivity index (χ4n) is 3.24. The maximum Gasteiger partial charge on any atom is 0.0670 e.